The fourth-order valence-electron chi connectivity index (χ4n) is 5.99. The summed E-state index contributed by atoms with van der Waals surface area (Å²) in [6.45, 7) is 11.0. The number of benzene rings is 1. The number of rotatable bonds is 10. The van der Waals surface area contributed by atoms with Crippen molar-refractivity contribution in [3.63, 3.8) is 0 Å². The Kier molecular flexibility index (Phi) is 10.8. The lowest BCUT2D eigenvalue weighted by atomic mass is 9.98. The molecule has 0 spiro atoms. The van der Waals surface area contributed by atoms with E-state index in [1.807, 2.05) is 4.90 Å². The number of fused-ring (bicyclic) bond motifs is 1. The molecule has 13 nitrogen and oxygen atoms in total. The molecule has 0 aliphatic carbocycles. The molecular formula is C36H41F4N7O6. The monoisotopic (exact) mass is 743 g/mol. The number of hydrogen-bond donors (Lipinski definition) is 2. The van der Waals surface area contributed by atoms with Crippen molar-refractivity contribution >= 4 is 29.7 Å². The van der Waals surface area contributed by atoms with Crippen molar-refractivity contribution in [2.45, 2.75) is 96.8 Å². The van der Waals surface area contributed by atoms with Gasteiger partial charge in [0.15, 0.2) is 0 Å². The van der Waals surface area contributed by atoms with E-state index in [9.17, 15) is 32.3 Å². The number of nitrogens with two attached hydrogens (primary N) is 1. The highest BCUT2D eigenvalue weighted by Gasteiger charge is 2.39. The molecule has 1 atom stereocenters. The summed E-state index contributed by atoms with van der Waals surface area (Å²) in [6, 6.07) is 4.80. The SMILES string of the molecule is CC(C)(C)OC(=O)CC[C@@H](C(N)=O)N1Cc2c(ccc(-c3ccc(CN4CC(c5ncc(C(F)(F)F)cn5)C4)c(NC(=O)OC(C)(C)C)n3)c2F)C1=O. The maximum Gasteiger partial charge on any atom is 0.419 e. The van der Waals surface area contributed by atoms with Gasteiger partial charge in [0.05, 0.1) is 17.8 Å². The van der Waals surface area contributed by atoms with Crippen LogP contribution in [0.1, 0.15) is 93.2 Å². The molecule has 1 saturated heterocycles. The molecule has 53 heavy (non-hydrogen) atoms. The molecular weight excluding hydrogens is 702 g/mol. The number of anilines is 1. The average Bonchev–Trinajstić information content (AvgIpc) is 3.34. The van der Waals surface area contributed by atoms with E-state index in [0.717, 1.165) is 17.3 Å². The lowest BCUT2D eigenvalue weighted by Crippen LogP contribution is -2.45. The molecule has 3 N–H and O–H groups in total. The molecule has 4 heterocycles. The highest BCUT2D eigenvalue weighted by Crippen LogP contribution is 2.36. The molecule has 0 bridgehead atoms. The van der Waals surface area contributed by atoms with Crippen LogP contribution in [0.15, 0.2) is 36.7 Å². The van der Waals surface area contributed by atoms with Gasteiger partial charge in [0.2, 0.25) is 5.91 Å². The normalized spacial score (nSPS) is 15.8. The molecule has 3 amide bonds. The molecule has 0 radical (unpaired) electrons. The van der Waals surface area contributed by atoms with Gasteiger partial charge in [0.25, 0.3) is 5.91 Å². The number of likely N-dealkylation sites (tertiary alicyclic amines) is 1. The zero-order valence-corrected chi connectivity index (χ0v) is 30.1. The zero-order valence-electron chi connectivity index (χ0n) is 30.1. The summed E-state index contributed by atoms with van der Waals surface area (Å²) in [6.07, 6.45) is -4.14. The van der Waals surface area contributed by atoms with Gasteiger partial charge in [0, 0.05) is 66.6 Å². The lowest BCUT2D eigenvalue weighted by Gasteiger charge is -2.38. The Morgan fingerprint density at radius 3 is 2.17 bits per heavy atom. The van der Waals surface area contributed by atoms with Crippen LogP contribution in [0.4, 0.5) is 28.2 Å². The minimum Gasteiger partial charge on any atom is -0.460 e. The lowest BCUT2D eigenvalue weighted by molar-refractivity contribution is -0.155. The first kappa shape index (κ1) is 39.0. The number of carbonyl (C=O) groups is 4. The second kappa shape index (κ2) is 14.7. The molecule has 5 rings (SSSR count). The van der Waals surface area contributed by atoms with E-state index in [1.54, 1.807) is 53.7 Å². The van der Waals surface area contributed by atoms with Gasteiger partial charge in [-0.2, -0.15) is 13.2 Å². The summed E-state index contributed by atoms with van der Waals surface area (Å²) >= 11 is 0. The Morgan fingerprint density at radius 2 is 1.58 bits per heavy atom. The highest BCUT2D eigenvalue weighted by molar-refractivity contribution is 6.01. The summed E-state index contributed by atoms with van der Waals surface area (Å²) < 4.78 is 65.8. The minimum atomic E-state index is -4.54. The number of nitrogens with zero attached hydrogens (tertiary/aromatic N) is 5. The molecule has 0 unspecified atom stereocenters. The zero-order chi connectivity index (χ0) is 39.0. The number of carbonyl (C=O) groups excluding carboxylic acids is 4. The largest absolute Gasteiger partial charge is 0.460 e. The van der Waals surface area contributed by atoms with Gasteiger partial charge < -0.3 is 20.1 Å². The number of pyridine rings is 1. The van der Waals surface area contributed by atoms with Crippen LogP contribution >= 0.6 is 0 Å². The first-order chi connectivity index (χ1) is 24.6. The van der Waals surface area contributed by atoms with Crippen LogP contribution in [0.2, 0.25) is 0 Å². The van der Waals surface area contributed by atoms with Crippen molar-refractivity contribution in [1.82, 2.24) is 24.8 Å². The van der Waals surface area contributed by atoms with Crippen LogP contribution < -0.4 is 11.1 Å². The standard InChI is InChI=1S/C36H41F4N7O6/c1-34(2,3)52-27(48)12-11-26(29(41)49)47-18-24-22(32(47)50)8-9-23(28(24)37)25-10-7-19(31(44-25)45-33(51)53-35(4,5)6)15-46-16-20(17-46)30-42-13-21(14-43-30)36(38,39)40/h7-10,13-14,20,26H,11-12,15-18H2,1-6H3,(H2,41,49)(H,44,45,51)/t26-/m0/s1. The van der Waals surface area contributed by atoms with Gasteiger partial charge in [-0.3, -0.25) is 24.6 Å². The van der Waals surface area contributed by atoms with Crippen molar-refractivity contribution in [2.24, 2.45) is 5.73 Å². The number of hydrogen-bond acceptors (Lipinski definition) is 10. The highest BCUT2D eigenvalue weighted by atomic mass is 19.4. The number of amides is 3. The van der Waals surface area contributed by atoms with Crippen LogP contribution in [0.25, 0.3) is 11.3 Å². The van der Waals surface area contributed by atoms with E-state index in [2.05, 4.69) is 20.3 Å². The predicted octanol–water partition coefficient (Wildman–Crippen LogP) is 5.57. The van der Waals surface area contributed by atoms with E-state index < -0.39 is 58.7 Å². The maximum atomic E-state index is 16.3. The van der Waals surface area contributed by atoms with Gasteiger partial charge >= 0.3 is 18.2 Å². The van der Waals surface area contributed by atoms with Gasteiger partial charge in [-0.1, -0.05) is 6.07 Å². The Labute approximate surface area is 303 Å². The summed E-state index contributed by atoms with van der Waals surface area (Å²) in [7, 11) is 0. The van der Waals surface area contributed by atoms with Gasteiger partial charge in [-0.15, -0.1) is 0 Å². The van der Waals surface area contributed by atoms with Crippen molar-refractivity contribution < 1.29 is 46.2 Å². The fourth-order valence-corrected chi connectivity index (χ4v) is 5.99. The van der Waals surface area contributed by atoms with Crippen molar-refractivity contribution in [3.05, 3.63) is 70.6 Å². The van der Waals surface area contributed by atoms with Crippen LogP contribution in [0, 0.1) is 5.82 Å². The molecule has 2 aliphatic heterocycles. The van der Waals surface area contributed by atoms with Gasteiger partial charge in [-0.25, -0.2) is 24.1 Å². The van der Waals surface area contributed by atoms with Crippen LogP contribution in [0.5, 0.6) is 0 Å². The number of primary amides is 1. The number of halogens is 4. The average molecular weight is 744 g/mol. The van der Waals surface area contributed by atoms with Gasteiger partial charge in [-0.05, 0) is 66.2 Å². The summed E-state index contributed by atoms with van der Waals surface area (Å²) in [4.78, 5) is 66.4. The number of alkyl halides is 3. The quantitative estimate of drug-likeness (QED) is 0.198. The third-order valence-corrected chi connectivity index (χ3v) is 8.40. The molecule has 17 heteroatoms. The molecule has 0 saturated carbocycles. The molecule has 2 aromatic heterocycles. The predicted molar refractivity (Wildman–Crippen MR) is 182 cm³/mol. The maximum absolute atomic E-state index is 16.3. The molecule has 284 valence electrons. The molecule has 2 aliphatic rings. The Morgan fingerprint density at radius 1 is 0.962 bits per heavy atom. The number of aromatic nitrogens is 3. The number of nitrogens with one attached hydrogen (secondary N) is 1. The van der Waals surface area contributed by atoms with E-state index in [-0.39, 0.29) is 65.9 Å². The third kappa shape index (κ3) is 9.43. The summed E-state index contributed by atoms with van der Waals surface area (Å²) in [5.74, 6) is -2.66. The van der Waals surface area contributed by atoms with Crippen molar-refractivity contribution in [1.29, 1.82) is 0 Å². The number of esters is 1. The fraction of sp³-hybridized carbons (Fsp3) is 0.472. The smallest absolute Gasteiger partial charge is 0.419 e. The molecule has 1 fully saturated rings. The summed E-state index contributed by atoms with van der Waals surface area (Å²) in [5, 5.41) is 2.64. The molecule has 3 aromatic rings. The molecule has 1 aromatic carbocycles. The Bertz CT molecular complexity index is 1900. The van der Waals surface area contributed by atoms with Crippen LogP contribution in [0.3, 0.4) is 0 Å². The topological polar surface area (TPSA) is 170 Å². The van der Waals surface area contributed by atoms with E-state index >= 15 is 4.39 Å². The summed E-state index contributed by atoms with van der Waals surface area (Å²) in [5.41, 5.74) is 3.83. The second-order valence-corrected chi connectivity index (χ2v) is 15.0. The van der Waals surface area contributed by atoms with E-state index in [0.29, 0.717) is 18.7 Å². The van der Waals surface area contributed by atoms with E-state index in [4.69, 9.17) is 15.2 Å². The third-order valence-electron chi connectivity index (χ3n) is 8.40. The second-order valence-electron chi connectivity index (χ2n) is 15.0. The first-order valence-electron chi connectivity index (χ1n) is 16.8. The number of ether oxygens (including phenoxy) is 2. The van der Waals surface area contributed by atoms with Crippen molar-refractivity contribution in [3.8, 4) is 11.3 Å². The van der Waals surface area contributed by atoms with Crippen LogP contribution in [-0.4, -0.2) is 79.0 Å². The van der Waals surface area contributed by atoms with Crippen molar-refractivity contribution in [2.75, 3.05) is 18.4 Å². The van der Waals surface area contributed by atoms with Gasteiger partial charge in [0.1, 0.15) is 34.7 Å². The van der Waals surface area contributed by atoms with Crippen LogP contribution in [-0.2, 0) is 38.3 Å². The minimum absolute atomic E-state index is 0.0145. The Hall–Kier alpha value is -5.19. The van der Waals surface area contributed by atoms with E-state index in [1.165, 1.54) is 12.1 Å². The Balaban J connectivity index is 1.36. The first-order valence-corrected chi connectivity index (χ1v) is 16.8.